The summed E-state index contributed by atoms with van der Waals surface area (Å²) in [5, 5.41) is 17.1. The van der Waals surface area contributed by atoms with Crippen molar-refractivity contribution in [1.29, 1.82) is 5.26 Å². The third-order valence-electron chi connectivity index (χ3n) is 4.71. The molecule has 1 atom stereocenters. The van der Waals surface area contributed by atoms with Gasteiger partial charge < -0.3 is 24.7 Å². The van der Waals surface area contributed by atoms with Crippen LogP contribution >= 0.6 is 0 Å². The van der Waals surface area contributed by atoms with E-state index in [-0.39, 0.29) is 11.3 Å². The van der Waals surface area contributed by atoms with Crippen molar-refractivity contribution < 1.29 is 18.9 Å². The van der Waals surface area contributed by atoms with Crippen LogP contribution in [0.4, 0.5) is 0 Å². The molecule has 2 aromatic rings. The molecule has 8 nitrogen and oxygen atoms in total. The predicted molar refractivity (Wildman–Crippen MR) is 103 cm³/mol. The molecule has 3 N–H and O–H groups in total. The maximum Gasteiger partial charge on any atom is 0.244 e. The Morgan fingerprint density at radius 3 is 2.21 bits per heavy atom. The molecule has 3 rings (SSSR count). The van der Waals surface area contributed by atoms with Gasteiger partial charge in [0.25, 0.3) is 0 Å². The number of nitrogens with two attached hydrogens (primary N) is 1. The van der Waals surface area contributed by atoms with Crippen LogP contribution in [0.15, 0.2) is 23.6 Å². The molecule has 1 aliphatic rings. The van der Waals surface area contributed by atoms with Crippen molar-refractivity contribution >= 4 is 0 Å². The topological polar surface area (TPSA) is 115 Å². The van der Waals surface area contributed by atoms with E-state index >= 15 is 0 Å². The van der Waals surface area contributed by atoms with Gasteiger partial charge in [0.1, 0.15) is 11.6 Å². The lowest BCUT2D eigenvalue weighted by Crippen LogP contribution is -2.24. The number of hydrogen-bond acceptors (Lipinski definition) is 7. The Kier molecular flexibility index (Phi) is 4.86. The van der Waals surface area contributed by atoms with Gasteiger partial charge in [-0.25, -0.2) is 0 Å². The lowest BCUT2D eigenvalue weighted by Gasteiger charge is -2.28. The van der Waals surface area contributed by atoms with E-state index in [2.05, 4.69) is 37.0 Å². The summed E-state index contributed by atoms with van der Waals surface area (Å²) < 4.78 is 22.0. The van der Waals surface area contributed by atoms with Crippen molar-refractivity contribution in [3.8, 4) is 29.2 Å². The van der Waals surface area contributed by atoms with Crippen LogP contribution in [0, 0.1) is 11.3 Å². The molecule has 0 spiro atoms. The fourth-order valence-electron chi connectivity index (χ4n) is 3.42. The zero-order valence-electron chi connectivity index (χ0n) is 16.8. The number of aromatic amines is 1. The van der Waals surface area contributed by atoms with Crippen LogP contribution in [0.5, 0.6) is 23.1 Å². The minimum absolute atomic E-state index is 0.0284. The summed E-state index contributed by atoms with van der Waals surface area (Å²) in [6.07, 6.45) is 0. The summed E-state index contributed by atoms with van der Waals surface area (Å²) in [6.45, 7) is 6.17. The van der Waals surface area contributed by atoms with Gasteiger partial charge in [0.2, 0.25) is 17.5 Å². The van der Waals surface area contributed by atoms with Crippen LogP contribution in [0.25, 0.3) is 0 Å². The number of benzene rings is 1. The number of nitrogens with zero attached hydrogens (tertiary/aromatic N) is 2. The molecule has 1 aromatic heterocycles. The first-order valence-corrected chi connectivity index (χ1v) is 8.73. The van der Waals surface area contributed by atoms with Crippen LogP contribution in [-0.4, -0.2) is 31.5 Å². The van der Waals surface area contributed by atoms with Gasteiger partial charge in [-0.05, 0) is 17.7 Å². The van der Waals surface area contributed by atoms with E-state index in [4.69, 9.17) is 24.7 Å². The molecule has 28 heavy (non-hydrogen) atoms. The maximum absolute atomic E-state index is 9.82. The van der Waals surface area contributed by atoms with Crippen LogP contribution < -0.4 is 24.7 Å². The van der Waals surface area contributed by atoms with Crippen molar-refractivity contribution in [3.63, 3.8) is 0 Å². The van der Waals surface area contributed by atoms with E-state index in [1.165, 1.54) is 0 Å². The maximum atomic E-state index is 9.82. The quantitative estimate of drug-likeness (QED) is 0.832. The molecule has 1 aliphatic heterocycles. The van der Waals surface area contributed by atoms with Crippen LogP contribution in [0.1, 0.15) is 43.5 Å². The SMILES string of the molecule is COc1cc([C@H]2C(C#N)=C(N)Oc3n[nH]c(C(C)(C)C)c32)cc(OC)c1OC. The van der Waals surface area contributed by atoms with Crippen molar-refractivity contribution in [2.24, 2.45) is 5.73 Å². The Labute approximate surface area is 163 Å². The Balaban J connectivity index is 2.32. The molecule has 0 amide bonds. The monoisotopic (exact) mass is 384 g/mol. The summed E-state index contributed by atoms with van der Waals surface area (Å²) in [4.78, 5) is 0. The lowest BCUT2D eigenvalue weighted by atomic mass is 9.78. The van der Waals surface area contributed by atoms with E-state index in [0.717, 1.165) is 16.8 Å². The van der Waals surface area contributed by atoms with Crippen LogP contribution in [-0.2, 0) is 5.41 Å². The zero-order chi connectivity index (χ0) is 20.6. The third-order valence-corrected chi connectivity index (χ3v) is 4.71. The Hall–Kier alpha value is -3.34. The summed E-state index contributed by atoms with van der Waals surface area (Å²) >= 11 is 0. The second-order valence-electron chi connectivity index (χ2n) is 7.45. The molecule has 0 aliphatic carbocycles. The third kappa shape index (κ3) is 2.99. The standard InChI is InChI=1S/C20H24N4O4/c1-20(2,3)17-15-14(11(9-21)18(22)28-19(15)24-23-17)10-7-12(25-4)16(27-6)13(8-10)26-5/h7-8,14H,22H2,1-6H3,(H,23,24)/t14-/m0/s1. The first kappa shape index (κ1) is 19.4. The fraction of sp³-hybridized carbons (Fsp3) is 0.400. The number of rotatable bonds is 4. The van der Waals surface area contributed by atoms with E-state index in [1.807, 2.05) is 12.1 Å². The predicted octanol–water partition coefficient (Wildman–Crippen LogP) is 2.95. The van der Waals surface area contributed by atoms with E-state index in [9.17, 15) is 5.26 Å². The second kappa shape index (κ2) is 7.00. The van der Waals surface area contributed by atoms with Gasteiger partial charge >= 0.3 is 0 Å². The van der Waals surface area contributed by atoms with Gasteiger partial charge in [-0.1, -0.05) is 20.8 Å². The highest BCUT2D eigenvalue weighted by atomic mass is 16.5. The van der Waals surface area contributed by atoms with E-state index in [0.29, 0.717) is 28.7 Å². The summed E-state index contributed by atoms with van der Waals surface area (Å²) in [5.74, 6) is 1.35. The number of allylic oxidation sites excluding steroid dienone is 1. The number of hydrogen-bond donors (Lipinski definition) is 2. The molecule has 0 radical (unpaired) electrons. The molecule has 2 heterocycles. The van der Waals surface area contributed by atoms with Crippen molar-refractivity contribution in [2.75, 3.05) is 21.3 Å². The Morgan fingerprint density at radius 1 is 1.14 bits per heavy atom. The molecular weight excluding hydrogens is 360 g/mol. The molecule has 0 fully saturated rings. The molecule has 0 saturated heterocycles. The van der Waals surface area contributed by atoms with Crippen LogP contribution in [0.2, 0.25) is 0 Å². The number of aromatic nitrogens is 2. The first-order valence-electron chi connectivity index (χ1n) is 8.73. The van der Waals surface area contributed by atoms with Crippen LogP contribution in [0.3, 0.4) is 0 Å². The highest BCUT2D eigenvalue weighted by Crippen LogP contribution is 2.48. The minimum Gasteiger partial charge on any atom is -0.493 e. The largest absolute Gasteiger partial charge is 0.493 e. The Morgan fingerprint density at radius 2 is 1.75 bits per heavy atom. The van der Waals surface area contributed by atoms with Gasteiger partial charge in [0.05, 0.1) is 32.8 Å². The van der Waals surface area contributed by atoms with Gasteiger partial charge in [-0.2, -0.15) is 5.26 Å². The summed E-state index contributed by atoms with van der Waals surface area (Å²) in [7, 11) is 4.63. The van der Waals surface area contributed by atoms with Gasteiger partial charge in [0, 0.05) is 11.1 Å². The second-order valence-corrected chi connectivity index (χ2v) is 7.45. The lowest BCUT2D eigenvalue weighted by molar-refractivity contribution is 0.323. The molecule has 8 heteroatoms. The average molecular weight is 384 g/mol. The smallest absolute Gasteiger partial charge is 0.244 e. The van der Waals surface area contributed by atoms with Gasteiger partial charge in [-0.3, -0.25) is 5.10 Å². The number of H-pyrrole nitrogens is 1. The molecule has 0 bridgehead atoms. The van der Waals surface area contributed by atoms with Crippen molar-refractivity contribution in [3.05, 3.63) is 40.4 Å². The summed E-state index contributed by atoms with van der Waals surface area (Å²) in [6, 6.07) is 5.81. The van der Waals surface area contributed by atoms with E-state index in [1.54, 1.807) is 21.3 Å². The number of nitriles is 1. The van der Waals surface area contributed by atoms with Gasteiger partial charge in [0.15, 0.2) is 11.5 Å². The van der Waals surface area contributed by atoms with Gasteiger partial charge in [-0.15, -0.1) is 5.10 Å². The zero-order valence-corrected chi connectivity index (χ0v) is 16.8. The first-order chi connectivity index (χ1) is 13.3. The average Bonchev–Trinajstić information content (AvgIpc) is 3.09. The number of ether oxygens (including phenoxy) is 4. The molecule has 1 aromatic carbocycles. The van der Waals surface area contributed by atoms with E-state index < -0.39 is 5.92 Å². The highest BCUT2D eigenvalue weighted by Gasteiger charge is 2.38. The number of methoxy groups -OCH3 is 3. The summed E-state index contributed by atoms with van der Waals surface area (Å²) in [5.41, 5.74) is 8.48. The number of nitrogens with one attached hydrogen (secondary N) is 1. The fourth-order valence-corrected chi connectivity index (χ4v) is 3.42. The number of fused-ring (bicyclic) bond motifs is 1. The molecular formula is C20H24N4O4. The Bertz CT molecular complexity index is 954. The van der Waals surface area contributed by atoms with Crippen molar-refractivity contribution in [1.82, 2.24) is 10.2 Å². The molecule has 0 unspecified atom stereocenters. The van der Waals surface area contributed by atoms with Crippen molar-refractivity contribution in [2.45, 2.75) is 32.1 Å². The highest BCUT2D eigenvalue weighted by molar-refractivity contribution is 5.61. The molecule has 148 valence electrons. The molecule has 0 saturated carbocycles. The normalized spacial score (nSPS) is 16.1. The minimum atomic E-state index is -0.490.